The van der Waals surface area contributed by atoms with Gasteiger partial charge in [0, 0.05) is 24.5 Å². The molecular weight excluding hydrogens is 312 g/mol. The maximum atomic E-state index is 5.93. The SMILES string of the molecule is COc1cc(C(C)NC2CCCCC2)ccc1OCc1ccncc1. The number of hydrogen-bond acceptors (Lipinski definition) is 4. The van der Waals surface area contributed by atoms with Crippen molar-refractivity contribution in [2.75, 3.05) is 7.11 Å². The Labute approximate surface area is 150 Å². The quantitative estimate of drug-likeness (QED) is 0.796. The van der Waals surface area contributed by atoms with Crippen LogP contribution in [-0.4, -0.2) is 18.1 Å². The first-order valence-corrected chi connectivity index (χ1v) is 9.22. The number of rotatable bonds is 7. The van der Waals surface area contributed by atoms with Crippen LogP contribution in [0.3, 0.4) is 0 Å². The van der Waals surface area contributed by atoms with Crippen LogP contribution in [0.15, 0.2) is 42.7 Å². The molecule has 1 saturated carbocycles. The smallest absolute Gasteiger partial charge is 0.161 e. The summed E-state index contributed by atoms with van der Waals surface area (Å²) in [6.45, 7) is 2.73. The Kier molecular flexibility index (Phi) is 6.29. The Hall–Kier alpha value is -2.07. The van der Waals surface area contributed by atoms with Crippen LogP contribution < -0.4 is 14.8 Å². The van der Waals surface area contributed by atoms with E-state index >= 15 is 0 Å². The predicted molar refractivity (Wildman–Crippen MR) is 100.0 cm³/mol. The highest BCUT2D eigenvalue weighted by molar-refractivity contribution is 5.44. The summed E-state index contributed by atoms with van der Waals surface area (Å²) < 4.78 is 11.5. The minimum absolute atomic E-state index is 0.311. The first-order chi connectivity index (χ1) is 12.3. The molecular formula is C21H28N2O2. The van der Waals surface area contributed by atoms with Crippen LogP contribution >= 0.6 is 0 Å². The molecule has 0 spiro atoms. The lowest BCUT2D eigenvalue weighted by Gasteiger charge is -2.27. The zero-order valence-electron chi connectivity index (χ0n) is 15.2. The van der Waals surface area contributed by atoms with Crippen molar-refractivity contribution >= 4 is 0 Å². The molecule has 1 N–H and O–H groups in total. The number of nitrogens with zero attached hydrogens (tertiary/aromatic N) is 1. The molecule has 134 valence electrons. The van der Waals surface area contributed by atoms with Gasteiger partial charge in [0.1, 0.15) is 6.61 Å². The second-order valence-electron chi connectivity index (χ2n) is 6.78. The van der Waals surface area contributed by atoms with Gasteiger partial charge >= 0.3 is 0 Å². The average Bonchev–Trinajstić information content (AvgIpc) is 2.67. The number of nitrogens with one attached hydrogen (secondary N) is 1. The van der Waals surface area contributed by atoms with Crippen molar-refractivity contribution in [3.05, 3.63) is 53.9 Å². The lowest BCUT2D eigenvalue weighted by Crippen LogP contribution is -2.33. The molecule has 0 bridgehead atoms. The highest BCUT2D eigenvalue weighted by Crippen LogP contribution is 2.31. The fourth-order valence-electron chi connectivity index (χ4n) is 3.43. The van der Waals surface area contributed by atoms with Gasteiger partial charge in [-0.15, -0.1) is 0 Å². The Morgan fingerprint density at radius 1 is 1.08 bits per heavy atom. The average molecular weight is 340 g/mol. The Bertz CT molecular complexity index is 654. The molecule has 1 atom stereocenters. The van der Waals surface area contributed by atoms with Gasteiger partial charge in [0.05, 0.1) is 7.11 Å². The third-order valence-electron chi connectivity index (χ3n) is 4.92. The van der Waals surface area contributed by atoms with E-state index in [-0.39, 0.29) is 0 Å². The molecule has 0 saturated heterocycles. The first kappa shape index (κ1) is 17.7. The molecule has 4 nitrogen and oxygen atoms in total. The zero-order valence-corrected chi connectivity index (χ0v) is 15.2. The summed E-state index contributed by atoms with van der Waals surface area (Å²) in [5.74, 6) is 1.55. The lowest BCUT2D eigenvalue weighted by molar-refractivity contribution is 0.283. The largest absolute Gasteiger partial charge is 0.493 e. The van der Waals surface area contributed by atoms with Crippen LogP contribution in [0, 0.1) is 0 Å². The van der Waals surface area contributed by atoms with Crippen molar-refractivity contribution in [2.24, 2.45) is 0 Å². The molecule has 1 aliphatic rings. The van der Waals surface area contributed by atoms with Gasteiger partial charge in [-0.25, -0.2) is 0 Å². The van der Waals surface area contributed by atoms with E-state index in [0.717, 1.165) is 17.1 Å². The second-order valence-corrected chi connectivity index (χ2v) is 6.78. The van der Waals surface area contributed by atoms with E-state index in [2.05, 4.69) is 29.4 Å². The fourth-order valence-corrected chi connectivity index (χ4v) is 3.43. The van der Waals surface area contributed by atoms with Crippen LogP contribution in [0.5, 0.6) is 11.5 Å². The van der Waals surface area contributed by atoms with Crippen molar-refractivity contribution in [3.8, 4) is 11.5 Å². The summed E-state index contributed by atoms with van der Waals surface area (Å²) in [6.07, 6.45) is 10.2. The minimum Gasteiger partial charge on any atom is -0.493 e. The zero-order chi connectivity index (χ0) is 17.5. The predicted octanol–water partition coefficient (Wildman–Crippen LogP) is 4.65. The number of methoxy groups -OCH3 is 1. The van der Waals surface area contributed by atoms with Crippen molar-refractivity contribution in [2.45, 2.75) is 57.7 Å². The van der Waals surface area contributed by atoms with Crippen LogP contribution in [0.4, 0.5) is 0 Å². The molecule has 0 radical (unpaired) electrons. The van der Waals surface area contributed by atoms with Crippen molar-refractivity contribution in [1.82, 2.24) is 10.3 Å². The van der Waals surface area contributed by atoms with Gasteiger partial charge in [-0.1, -0.05) is 25.3 Å². The second kappa shape index (κ2) is 8.86. The number of ether oxygens (including phenoxy) is 2. The Morgan fingerprint density at radius 3 is 2.56 bits per heavy atom. The standard InChI is InChI=1S/C21H28N2O2/c1-16(23-19-6-4-3-5-7-19)18-8-9-20(21(14-18)24-2)25-15-17-10-12-22-13-11-17/h8-14,16,19,23H,3-7,15H2,1-2H3. The third kappa shape index (κ3) is 4.95. The number of benzene rings is 1. The highest BCUT2D eigenvalue weighted by Gasteiger charge is 2.17. The normalized spacial score (nSPS) is 16.4. The maximum absolute atomic E-state index is 5.93. The molecule has 25 heavy (non-hydrogen) atoms. The van der Waals surface area contributed by atoms with Gasteiger partial charge in [0.25, 0.3) is 0 Å². The van der Waals surface area contributed by atoms with Gasteiger partial charge in [0.15, 0.2) is 11.5 Å². The van der Waals surface area contributed by atoms with Gasteiger partial charge in [-0.3, -0.25) is 4.98 Å². The molecule has 1 fully saturated rings. The van der Waals surface area contributed by atoms with Crippen LogP contribution in [0.2, 0.25) is 0 Å². The van der Waals surface area contributed by atoms with Gasteiger partial charge in [0.2, 0.25) is 0 Å². The number of aromatic nitrogens is 1. The fraction of sp³-hybridized carbons (Fsp3) is 0.476. The summed E-state index contributed by atoms with van der Waals surface area (Å²) in [6, 6.07) is 11.1. The van der Waals surface area contributed by atoms with Crippen molar-refractivity contribution in [1.29, 1.82) is 0 Å². The van der Waals surface area contributed by atoms with E-state index < -0.39 is 0 Å². The van der Waals surface area contributed by atoms with E-state index in [1.807, 2.05) is 18.2 Å². The topological polar surface area (TPSA) is 43.4 Å². The van der Waals surface area contributed by atoms with Crippen LogP contribution in [-0.2, 0) is 6.61 Å². The maximum Gasteiger partial charge on any atom is 0.161 e. The van der Waals surface area contributed by atoms with Gasteiger partial charge in [-0.2, -0.15) is 0 Å². The number of hydrogen-bond donors (Lipinski definition) is 1. The van der Waals surface area contributed by atoms with Crippen LogP contribution in [0.25, 0.3) is 0 Å². The summed E-state index contributed by atoms with van der Waals surface area (Å²) in [5, 5.41) is 3.76. The molecule has 1 aliphatic carbocycles. The molecule has 2 aromatic rings. The summed E-state index contributed by atoms with van der Waals surface area (Å²) in [5.41, 5.74) is 2.33. The third-order valence-corrected chi connectivity index (χ3v) is 4.92. The Balaban J connectivity index is 1.64. The lowest BCUT2D eigenvalue weighted by atomic mass is 9.94. The molecule has 1 unspecified atom stereocenters. The summed E-state index contributed by atoms with van der Waals surface area (Å²) in [4.78, 5) is 4.03. The molecule has 1 aromatic heterocycles. The van der Waals surface area contributed by atoms with Gasteiger partial charge < -0.3 is 14.8 Å². The van der Waals surface area contributed by atoms with E-state index in [4.69, 9.17) is 9.47 Å². The van der Waals surface area contributed by atoms with Crippen molar-refractivity contribution < 1.29 is 9.47 Å². The van der Waals surface area contributed by atoms with Gasteiger partial charge in [-0.05, 0) is 55.2 Å². The van der Waals surface area contributed by atoms with Crippen LogP contribution in [0.1, 0.15) is 56.2 Å². The van der Waals surface area contributed by atoms with E-state index in [0.29, 0.717) is 18.7 Å². The first-order valence-electron chi connectivity index (χ1n) is 9.22. The summed E-state index contributed by atoms with van der Waals surface area (Å²) >= 11 is 0. The molecule has 4 heteroatoms. The molecule has 3 rings (SSSR count). The molecule has 0 aliphatic heterocycles. The molecule has 0 amide bonds. The van der Waals surface area contributed by atoms with E-state index in [1.165, 1.54) is 37.7 Å². The highest BCUT2D eigenvalue weighted by atomic mass is 16.5. The minimum atomic E-state index is 0.311. The number of pyridine rings is 1. The van der Waals surface area contributed by atoms with Crippen molar-refractivity contribution in [3.63, 3.8) is 0 Å². The monoisotopic (exact) mass is 340 g/mol. The van der Waals surface area contributed by atoms with E-state index in [9.17, 15) is 0 Å². The molecule has 1 aromatic carbocycles. The summed E-state index contributed by atoms with van der Waals surface area (Å²) in [7, 11) is 1.69. The Morgan fingerprint density at radius 2 is 1.84 bits per heavy atom. The van der Waals surface area contributed by atoms with E-state index in [1.54, 1.807) is 19.5 Å². The molecule has 1 heterocycles.